The van der Waals surface area contributed by atoms with Crippen LogP contribution in [0.1, 0.15) is 64.0 Å². The summed E-state index contributed by atoms with van der Waals surface area (Å²) in [6, 6.07) is 5.16. The Morgan fingerprint density at radius 3 is 2.83 bits per heavy atom. The van der Waals surface area contributed by atoms with Crippen LogP contribution in [-0.2, 0) is 14.3 Å². The SMILES string of the molecule is CC1(C)Oc2cc(O)ccc2[C@@H]2O[C@@H]3CCCN(C(=O)CCCC(=O)O)[C@@H]3C[C@H]21. The lowest BCUT2D eigenvalue weighted by atomic mass is 9.72. The maximum absolute atomic E-state index is 12.8. The summed E-state index contributed by atoms with van der Waals surface area (Å²) < 4.78 is 12.8. The molecule has 0 bridgehead atoms. The van der Waals surface area contributed by atoms with E-state index in [0.29, 0.717) is 18.7 Å². The Bertz CT molecular complexity index is 806. The number of phenolic OH excluding ortho intramolecular Hbond substituents is 1. The lowest BCUT2D eigenvalue weighted by molar-refractivity contribution is -0.193. The highest BCUT2D eigenvalue weighted by molar-refractivity contribution is 5.77. The third-order valence-electron chi connectivity index (χ3n) is 6.57. The molecule has 0 spiro atoms. The molecule has 1 aromatic rings. The number of amides is 1. The van der Waals surface area contributed by atoms with Crippen molar-refractivity contribution in [3.05, 3.63) is 23.8 Å². The number of phenols is 1. The van der Waals surface area contributed by atoms with Crippen molar-refractivity contribution in [2.24, 2.45) is 5.92 Å². The van der Waals surface area contributed by atoms with Crippen LogP contribution >= 0.6 is 0 Å². The Hall–Kier alpha value is -2.28. The number of carboxylic acids is 1. The van der Waals surface area contributed by atoms with Gasteiger partial charge in [0.1, 0.15) is 17.1 Å². The molecule has 0 saturated carbocycles. The number of carbonyl (C=O) groups excluding carboxylic acids is 1. The molecule has 2 saturated heterocycles. The standard InChI is InChI=1S/C22H29NO6/c1-22(2)15-12-16-17(5-4-10-23(16)19(25)6-3-7-20(26)27)28-21(15)14-9-8-13(24)11-18(14)29-22/h8-9,11,15-17,21,24H,3-7,10,12H2,1-2H3,(H,26,27)/t15-,16-,17-,21+/m1/s1. The predicted octanol–water partition coefficient (Wildman–Crippen LogP) is 3.26. The van der Waals surface area contributed by atoms with E-state index < -0.39 is 11.6 Å². The van der Waals surface area contributed by atoms with Crippen LogP contribution in [0.2, 0.25) is 0 Å². The largest absolute Gasteiger partial charge is 0.508 e. The quantitative estimate of drug-likeness (QED) is 0.801. The van der Waals surface area contributed by atoms with Crippen LogP contribution in [0.25, 0.3) is 0 Å². The van der Waals surface area contributed by atoms with E-state index in [1.165, 1.54) is 0 Å². The molecule has 0 unspecified atom stereocenters. The zero-order chi connectivity index (χ0) is 20.8. The molecule has 2 fully saturated rings. The van der Waals surface area contributed by atoms with E-state index in [4.69, 9.17) is 14.6 Å². The third kappa shape index (κ3) is 3.80. The van der Waals surface area contributed by atoms with Crippen molar-refractivity contribution in [1.29, 1.82) is 0 Å². The van der Waals surface area contributed by atoms with Crippen LogP contribution < -0.4 is 4.74 Å². The molecule has 158 valence electrons. The average molecular weight is 403 g/mol. The van der Waals surface area contributed by atoms with E-state index >= 15 is 0 Å². The topological polar surface area (TPSA) is 96.3 Å². The monoisotopic (exact) mass is 403 g/mol. The van der Waals surface area contributed by atoms with Crippen molar-refractivity contribution >= 4 is 11.9 Å². The van der Waals surface area contributed by atoms with Gasteiger partial charge in [-0.3, -0.25) is 9.59 Å². The van der Waals surface area contributed by atoms with Gasteiger partial charge in [0, 0.05) is 36.9 Å². The van der Waals surface area contributed by atoms with Crippen LogP contribution in [-0.4, -0.2) is 51.3 Å². The van der Waals surface area contributed by atoms with Gasteiger partial charge in [-0.1, -0.05) is 0 Å². The molecular weight excluding hydrogens is 374 g/mol. The molecule has 1 amide bonds. The molecule has 3 aliphatic rings. The molecule has 7 heteroatoms. The Kier molecular flexibility index (Phi) is 5.19. The summed E-state index contributed by atoms with van der Waals surface area (Å²) in [6.45, 7) is 4.76. The zero-order valence-corrected chi connectivity index (χ0v) is 17.0. The first-order chi connectivity index (χ1) is 13.8. The fraction of sp³-hybridized carbons (Fsp3) is 0.636. The van der Waals surface area contributed by atoms with E-state index in [2.05, 4.69) is 0 Å². The van der Waals surface area contributed by atoms with Gasteiger partial charge < -0.3 is 24.6 Å². The molecule has 0 radical (unpaired) electrons. The molecule has 0 aliphatic carbocycles. The van der Waals surface area contributed by atoms with E-state index in [0.717, 1.165) is 24.8 Å². The molecular formula is C22H29NO6. The van der Waals surface area contributed by atoms with Crippen LogP contribution in [0.4, 0.5) is 0 Å². The molecule has 0 aromatic heterocycles. The smallest absolute Gasteiger partial charge is 0.303 e. The van der Waals surface area contributed by atoms with Crippen LogP contribution in [0.3, 0.4) is 0 Å². The van der Waals surface area contributed by atoms with Crippen molar-refractivity contribution < 1.29 is 29.3 Å². The van der Waals surface area contributed by atoms with Gasteiger partial charge in [0.25, 0.3) is 0 Å². The Labute approximate surface area is 170 Å². The number of carbonyl (C=O) groups is 2. The Morgan fingerprint density at radius 2 is 2.07 bits per heavy atom. The van der Waals surface area contributed by atoms with Crippen LogP contribution in [0.5, 0.6) is 11.5 Å². The summed E-state index contributed by atoms with van der Waals surface area (Å²) in [4.78, 5) is 25.5. The van der Waals surface area contributed by atoms with Crippen molar-refractivity contribution in [2.45, 2.75) is 76.2 Å². The minimum atomic E-state index is -0.871. The summed E-state index contributed by atoms with van der Waals surface area (Å²) in [7, 11) is 0. The minimum Gasteiger partial charge on any atom is -0.508 e. The van der Waals surface area contributed by atoms with Crippen molar-refractivity contribution in [1.82, 2.24) is 4.90 Å². The fourth-order valence-electron chi connectivity index (χ4n) is 5.11. The number of hydrogen-bond donors (Lipinski definition) is 2. The number of fused-ring (bicyclic) bond motifs is 4. The summed E-state index contributed by atoms with van der Waals surface area (Å²) in [6.07, 6.45) is 3.04. The predicted molar refractivity (Wildman–Crippen MR) is 105 cm³/mol. The highest BCUT2D eigenvalue weighted by atomic mass is 16.5. The van der Waals surface area contributed by atoms with E-state index in [1.54, 1.807) is 12.1 Å². The van der Waals surface area contributed by atoms with Crippen molar-refractivity contribution in [3.63, 3.8) is 0 Å². The van der Waals surface area contributed by atoms with Gasteiger partial charge in [-0.05, 0) is 51.7 Å². The van der Waals surface area contributed by atoms with Gasteiger partial charge in [-0.15, -0.1) is 0 Å². The maximum Gasteiger partial charge on any atom is 0.303 e. The first-order valence-electron chi connectivity index (χ1n) is 10.4. The highest BCUT2D eigenvalue weighted by Gasteiger charge is 2.52. The van der Waals surface area contributed by atoms with Gasteiger partial charge in [0.05, 0.1) is 18.2 Å². The lowest BCUT2D eigenvalue weighted by Crippen LogP contribution is -2.60. The second-order valence-corrected chi connectivity index (χ2v) is 8.91. The van der Waals surface area contributed by atoms with Gasteiger partial charge in [0.2, 0.25) is 5.91 Å². The average Bonchev–Trinajstić information content (AvgIpc) is 2.65. The second-order valence-electron chi connectivity index (χ2n) is 8.91. The molecule has 29 heavy (non-hydrogen) atoms. The van der Waals surface area contributed by atoms with Gasteiger partial charge >= 0.3 is 5.97 Å². The van der Waals surface area contributed by atoms with Gasteiger partial charge in [0.15, 0.2) is 0 Å². The lowest BCUT2D eigenvalue weighted by Gasteiger charge is -2.54. The Morgan fingerprint density at radius 1 is 1.28 bits per heavy atom. The van der Waals surface area contributed by atoms with E-state index in [-0.39, 0.29) is 48.7 Å². The third-order valence-corrected chi connectivity index (χ3v) is 6.57. The zero-order valence-electron chi connectivity index (χ0n) is 17.0. The minimum absolute atomic E-state index is 0.0103. The molecule has 3 aliphatic heterocycles. The summed E-state index contributed by atoms with van der Waals surface area (Å²) in [5, 5.41) is 18.7. The summed E-state index contributed by atoms with van der Waals surface area (Å²) >= 11 is 0. The highest BCUT2D eigenvalue weighted by Crippen LogP contribution is 2.52. The van der Waals surface area contributed by atoms with E-state index in [1.807, 2.05) is 24.8 Å². The normalized spacial score (nSPS) is 29.8. The molecule has 1 aromatic carbocycles. The Balaban J connectivity index is 1.55. The molecule has 7 nitrogen and oxygen atoms in total. The van der Waals surface area contributed by atoms with E-state index in [9.17, 15) is 14.7 Å². The van der Waals surface area contributed by atoms with Crippen LogP contribution in [0, 0.1) is 5.92 Å². The number of aromatic hydroxyl groups is 1. The second kappa shape index (κ2) is 7.52. The number of rotatable bonds is 4. The van der Waals surface area contributed by atoms with Crippen molar-refractivity contribution in [2.75, 3.05) is 6.54 Å². The van der Waals surface area contributed by atoms with Gasteiger partial charge in [-0.25, -0.2) is 0 Å². The number of nitrogens with zero attached hydrogens (tertiary/aromatic N) is 1. The molecule has 4 rings (SSSR count). The van der Waals surface area contributed by atoms with Crippen molar-refractivity contribution in [3.8, 4) is 11.5 Å². The first-order valence-corrected chi connectivity index (χ1v) is 10.4. The van der Waals surface area contributed by atoms with Crippen LogP contribution in [0.15, 0.2) is 18.2 Å². The summed E-state index contributed by atoms with van der Waals surface area (Å²) in [5.74, 6) is 0.0506. The first kappa shape index (κ1) is 20.0. The number of likely N-dealkylation sites (tertiary alicyclic amines) is 1. The molecule has 4 atom stereocenters. The number of carboxylic acid groups (broad SMARTS) is 1. The number of benzene rings is 1. The number of hydrogen-bond acceptors (Lipinski definition) is 5. The number of aliphatic carboxylic acids is 1. The fourth-order valence-corrected chi connectivity index (χ4v) is 5.11. The maximum atomic E-state index is 12.8. The summed E-state index contributed by atoms with van der Waals surface area (Å²) in [5.41, 5.74) is 0.460. The molecule has 2 N–H and O–H groups in total. The number of piperidine rings is 1. The molecule has 3 heterocycles. The number of ether oxygens (including phenoxy) is 2. The van der Waals surface area contributed by atoms with Gasteiger partial charge in [-0.2, -0.15) is 0 Å².